The summed E-state index contributed by atoms with van der Waals surface area (Å²) in [4.78, 5) is 18.0. The summed E-state index contributed by atoms with van der Waals surface area (Å²) < 4.78 is 7.36. The standard InChI is InChI=1S/C21H31N5O2/c1-4-28-10-9-26-19-8-6-5-7-18(19)20(23-26)21(27)22-15-11-16-13-24(2)14-17(12-15)25(16)3/h5-8,15-17H,4,9-14H2,1-3H3,(H,22,27)/t15?,16-,17+. The zero-order chi connectivity index (χ0) is 19.7. The van der Waals surface area contributed by atoms with Crippen molar-refractivity contribution in [2.24, 2.45) is 0 Å². The van der Waals surface area contributed by atoms with Gasteiger partial charge in [0.15, 0.2) is 5.69 Å². The number of para-hydroxylation sites is 1. The van der Waals surface area contributed by atoms with Crippen molar-refractivity contribution in [1.82, 2.24) is 24.9 Å². The second-order valence-corrected chi connectivity index (χ2v) is 8.12. The first-order chi connectivity index (χ1) is 13.6. The molecule has 2 aromatic rings. The maximum Gasteiger partial charge on any atom is 0.272 e. The number of piperazine rings is 1. The molecule has 3 heterocycles. The Balaban J connectivity index is 1.50. The minimum absolute atomic E-state index is 0.0626. The average molecular weight is 386 g/mol. The molecule has 1 N–H and O–H groups in total. The third-order valence-electron chi connectivity index (χ3n) is 6.17. The molecule has 3 atom stereocenters. The molecule has 28 heavy (non-hydrogen) atoms. The van der Waals surface area contributed by atoms with E-state index in [-0.39, 0.29) is 11.9 Å². The van der Waals surface area contributed by atoms with Gasteiger partial charge in [0.2, 0.25) is 0 Å². The Hall–Kier alpha value is -1.96. The van der Waals surface area contributed by atoms with E-state index in [1.807, 2.05) is 35.9 Å². The maximum absolute atomic E-state index is 13.1. The zero-order valence-corrected chi connectivity index (χ0v) is 17.1. The lowest BCUT2D eigenvalue weighted by Gasteiger charge is -2.50. The average Bonchev–Trinajstić information content (AvgIpc) is 3.03. The number of rotatable bonds is 6. The first-order valence-electron chi connectivity index (χ1n) is 10.3. The molecule has 0 radical (unpaired) electrons. The molecule has 4 rings (SSSR count). The normalized spacial score (nSPS) is 25.9. The molecule has 2 bridgehead atoms. The molecule has 1 unspecified atom stereocenters. The number of fused-ring (bicyclic) bond motifs is 3. The van der Waals surface area contributed by atoms with E-state index < -0.39 is 0 Å². The highest BCUT2D eigenvalue weighted by atomic mass is 16.5. The fraction of sp³-hybridized carbons (Fsp3) is 0.619. The minimum atomic E-state index is -0.0626. The van der Waals surface area contributed by atoms with Crippen LogP contribution in [0.25, 0.3) is 10.9 Å². The van der Waals surface area contributed by atoms with Gasteiger partial charge >= 0.3 is 0 Å². The number of nitrogens with zero attached hydrogens (tertiary/aromatic N) is 4. The quantitative estimate of drug-likeness (QED) is 0.765. The van der Waals surface area contributed by atoms with Gasteiger partial charge in [0, 0.05) is 43.2 Å². The van der Waals surface area contributed by atoms with Crippen LogP contribution in [0.4, 0.5) is 0 Å². The van der Waals surface area contributed by atoms with Crippen LogP contribution in [0.1, 0.15) is 30.3 Å². The predicted molar refractivity (Wildman–Crippen MR) is 110 cm³/mol. The van der Waals surface area contributed by atoms with E-state index in [9.17, 15) is 4.79 Å². The Morgan fingerprint density at radius 1 is 1.21 bits per heavy atom. The molecule has 1 aromatic carbocycles. The Morgan fingerprint density at radius 2 is 1.93 bits per heavy atom. The summed E-state index contributed by atoms with van der Waals surface area (Å²) in [5.74, 6) is -0.0626. The van der Waals surface area contributed by atoms with Crippen LogP contribution in [-0.4, -0.2) is 84.0 Å². The molecule has 2 saturated heterocycles. The largest absolute Gasteiger partial charge is 0.380 e. The van der Waals surface area contributed by atoms with Crippen molar-refractivity contribution in [3.63, 3.8) is 0 Å². The second-order valence-electron chi connectivity index (χ2n) is 8.12. The van der Waals surface area contributed by atoms with Crippen LogP contribution in [0.15, 0.2) is 24.3 Å². The van der Waals surface area contributed by atoms with Crippen LogP contribution in [0, 0.1) is 0 Å². The van der Waals surface area contributed by atoms with Crippen molar-refractivity contribution >= 4 is 16.8 Å². The van der Waals surface area contributed by atoms with Gasteiger partial charge in [-0.2, -0.15) is 5.10 Å². The topological polar surface area (TPSA) is 62.6 Å². The summed E-state index contributed by atoms with van der Waals surface area (Å²) >= 11 is 0. The van der Waals surface area contributed by atoms with Crippen molar-refractivity contribution in [3.05, 3.63) is 30.0 Å². The zero-order valence-electron chi connectivity index (χ0n) is 17.1. The third kappa shape index (κ3) is 3.79. The monoisotopic (exact) mass is 385 g/mol. The van der Waals surface area contributed by atoms with Crippen molar-refractivity contribution in [2.75, 3.05) is 40.4 Å². The van der Waals surface area contributed by atoms with Gasteiger partial charge in [-0.1, -0.05) is 18.2 Å². The first-order valence-corrected chi connectivity index (χ1v) is 10.3. The summed E-state index contributed by atoms with van der Waals surface area (Å²) in [6, 6.07) is 9.15. The molecule has 1 aromatic heterocycles. The number of ether oxygens (including phenoxy) is 1. The van der Waals surface area contributed by atoms with Gasteiger partial charge in [-0.15, -0.1) is 0 Å². The van der Waals surface area contributed by atoms with Crippen LogP contribution in [0.3, 0.4) is 0 Å². The number of carbonyl (C=O) groups is 1. The molecule has 1 amide bonds. The lowest BCUT2D eigenvalue weighted by Crippen LogP contribution is -2.63. The van der Waals surface area contributed by atoms with Crippen molar-refractivity contribution in [1.29, 1.82) is 0 Å². The molecule has 2 fully saturated rings. The number of benzene rings is 1. The molecule has 2 aliphatic rings. The van der Waals surface area contributed by atoms with Gasteiger partial charge < -0.3 is 15.0 Å². The lowest BCUT2D eigenvalue weighted by atomic mass is 9.88. The summed E-state index contributed by atoms with van der Waals surface area (Å²) in [7, 11) is 4.40. The highest BCUT2D eigenvalue weighted by molar-refractivity contribution is 6.05. The number of likely N-dealkylation sites (N-methyl/N-ethyl adjacent to an activating group) is 2. The number of aromatic nitrogens is 2. The maximum atomic E-state index is 13.1. The van der Waals surface area contributed by atoms with E-state index in [0.29, 0.717) is 37.5 Å². The highest BCUT2D eigenvalue weighted by Crippen LogP contribution is 2.27. The summed E-state index contributed by atoms with van der Waals surface area (Å²) in [5, 5.41) is 8.82. The Bertz CT molecular complexity index is 819. The third-order valence-corrected chi connectivity index (χ3v) is 6.17. The molecule has 7 nitrogen and oxygen atoms in total. The van der Waals surface area contributed by atoms with E-state index in [1.54, 1.807) is 0 Å². The number of hydrogen-bond donors (Lipinski definition) is 1. The summed E-state index contributed by atoms with van der Waals surface area (Å²) in [5.41, 5.74) is 1.50. The van der Waals surface area contributed by atoms with Crippen molar-refractivity contribution in [2.45, 2.75) is 44.4 Å². The number of likely N-dealkylation sites (tertiary alicyclic amines) is 1. The predicted octanol–water partition coefficient (Wildman–Crippen LogP) is 1.58. The molecule has 2 aliphatic heterocycles. The van der Waals surface area contributed by atoms with Crippen molar-refractivity contribution in [3.8, 4) is 0 Å². The fourth-order valence-corrected chi connectivity index (χ4v) is 4.72. The number of carbonyl (C=O) groups excluding carboxylic acids is 1. The van der Waals surface area contributed by atoms with Gasteiger partial charge in [-0.25, -0.2) is 0 Å². The highest BCUT2D eigenvalue weighted by Gasteiger charge is 2.38. The molecule has 0 aliphatic carbocycles. The molecular weight excluding hydrogens is 354 g/mol. The van der Waals surface area contributed by atoms with Gasteiger partial charge in [-0.3, -0.25) is 14.4 Å². The van der Waals surface area contributed by atoms with Gasteiger partial charge in [0.05, 0.1) is 18.7 Å². The van der Waals surface area contributed by atoms with Crippen molar-refractivity contribution < 1.29 is 9.53 Å². The SMILES string of the molecule is CCOCCn1nc(C(=O)NC2C[C@@H]3CN(C)C[C@H](C2)N3C)c2ccccc21. The Morgan fingerprint density at radius 3 is 2.64 bits per heavy atom. The molecular formula is C21H31N5O2. The molecule has 7 heteroatoms. The molecule has 0 saturated carbocycles. The van der Waals surface area contributed by atoms with Gasteiger partial charge in [0.1, 0.15) is 0 Å². The van der Waals surface area contributed by atoms with E-state index in [4.69, 9.17) is 4.74 Å². The van der Waals surface area contributed by atoms with Crippen LogP contribution in [0.2, 0.25) is 0 Å². The van der Waals surface area contributed by atoms with E-state index in [2.05, 4.69) is 34.3 Å². The lowest BCUT2D eigenvalue weighted by molar-refractivity contribution is 0.00837. The van der Waals surface area contributed by atoms with Crippen LogP contribution < -0.4 is 5.32 Å². The van der Waals surface area contributed by atoms with E-state index in [1.165, 1.54) is 0 Å². The van der Waals surface area contributed by atoms with Gasteiger partial charge in [-0.05, 0) is 39.9 Å². The summed E-state index contributed by atoms with van der Waals surface area (Å²) in [6.07, 6.45) is 1.98. The van der Waals surface area contributed by atoms with E-state index >= 15 is 0 Å². The fourth-order valence-electron chi connectivity index (χ4n) is 4.72. The van der Waals surface area contributed by atoms with Gasteiger partial charge in [0.25, 0.3) is 5.91 Å². The number of hydrogen-bond acceptors (Lipinski definition) is 5. The molecule has 0 spiro atoms. The number of nitrogens with one attached hydrogen (secondary N) is 1. The smallest absolute Gasteiger partial charge is 0.272 e. The van der Waals surface area contributed by atoms with Crippen LogP contribution in [-0.2, 0) is 11.3 Å². The molecule has 152 valence electrons. The Labute approximate surface area is 166 Å². The van der Waals surface area contributed by atoms with Crippen LogP contribution >= 0.6 is 0 Å². The Kier molecular flexibility index (Phi) is 5.66. The number of piperidine rings is 1. The van der Waals surface area contributed by atoms with E-state index in [0.717, 1.165) is 36.8 Å². The van der Waals surface area contributed by atoms with Crippen LogP contribution in [0.5, 0.6) is 0 Å². The minimum Gasteiger partial charge on any atom is -0.380 e. The first kappa shape index (κ1) is 19.4. The second kappa shape index (κ2) is 8.19. The summed E-state index contributed by atoms with van der Waals surface area (Å²) in [6.45, 7) is 6.03. The number of amides is 1.